The molecule has 0 spiro atoms. The summed E-state index contributed by atoms with van der Waals surface area (Å²) in [6.07, 6.45) is 3.49. The highest BCUT2D eigenvalue weighted by Gasteiger charge is 2.27. The molecular weight excluding hydrogens is 556 g/mol. The van der Waals surface area contributed by atoms with Gasteiger partial charge in [0.05, 0.1) is 23.4 Å². The molecule has 1 heterocycles. The van der Waals surface area contributed by atoms with Gasteiger partial charge in [0.1, 0.15) is 12.3 Å². The second kappa shape index (κ2) is 13.1. The first-order valence-corrected chi connectivity index (χ1v) is 15.8. The Hall–Kier alpha value is -4.02. The number of hydrazone groups is 1. The van der Waals surface area contributed by atoms with E-state index in [1.807, 2.05) is 58.2 Å². The number of aromatic nitrogens is 1. The maximum absolute atomic E-state index is 13.7. The fourth-order valence-electron chi connectivity index (χ4n) is 4.49. The molecule has 1 aromatic heterocycles. The van der Waals surface area contributed by atoms with Gasteiger partial charge in [-0.15, -0.1) is 11.8 Å². The minimum atomic E-state index is -4.05. The molecule has 0 aliphatic heterocycles. The zero-order valence-corrected chi connectivity index (χ0v) is 25.4. The van der Waals surface area contributed by atoms with E-state index in [2.05, 4.69) is 21.2 Å². The Bertz CT molecular complexity index is 1640. The predicted octanol–water partition coefficient (Wildman–Crippen LogP) is 5.87. The Balaban J connectivity index is 1.56. The van der Waals surface area contributed by atoms with Crippen molar-refractivity contribution >= 4 is 39.6 Å². The quantitative estimate of drug-likeness (QED) is 0.134. The summed E-state index contributed by atoms with van der Waals surface area (Å²) in [7, 11) is -4.05. The van der Waals surface area contributed by atoms with Crippen molar-refractivity contribution in [3.8, 4) is 11.4 Å². The number of nitrogens with one attached hydrogen (secondary N) is 1. The van der Waals surface area contributed by atoms with Crippen molar-refractivity contribution in [2.24, 2.45) is 5.10 Å². The third kappa shape index (κ3) is 7.01. The van der Waals surface area contributed by atoms with Crippen LogP contribution in [0.25, 0.3) is 5.69 Å². The monoisotopic (exact) mass is 590 g/mol. The average Bonchev–Trinajstić information content (AvgIpc) is 3.24. The first-order valence-electron chi connectivity index (χ1n) is 13.1. The van der Waals surface area contributed by atoms with E-state index in [-0.39, 0.29) is 4.90 Å². The molecule has 0 saturated carbocycles. The van der Waals surface area contributed by atoms with E-state index >= 15 is 0 Å². The van der Waals surface area contributed by atoms with Crippen LogP contribution in [-0.2, 0) is 14.8 Å². The molecular formula is C31H34N4O4S2. The average molecular weight is 591 g/mol. The number of benzene rings is 3. The maximum Gasteiger partial charge on any atom is 0.264 e. The van der Waals surface area contributed by atoms with Crippen molar-refractivity contribution in [1.82, 2.24) is 9.99 Å². The first-order chi connectivity index (χ1) is 19.6. The van der Waals surface area contributed by atoms with Gasteiger partial charge in [-0.3, -0.25) is 9.10 Å². The van der Waals surface area contributed by atoms with Crippen LogP contribution >= 0.6 is 11.8 Å². The molecule has 0 saturated heterocycles. The number of carbonyl (C=O) groups is 1. The lowest BCUT2D eigenvalue weighted by Crippen LogP contribution is -2.39. The van der Waals surface area contributed by atoms with Gasteiger partial charge < -0.3 is 9.30 Å². The smallest absolute Gasteiger partial charge is 0.264 e. The second-order valence-electron chi connectivity index (χ2n) is 9.41. The lowest BCUT2D eigenvalue weighted by molar-refractivity contribution is -0.119. The standard InChI is InChI=1S/C31H34N4O4S2/c1-6-39-28-12-10-26(11-13-28)34(41(37,38)30-16-14-29(40-5)15-17-30)21-31(36)33-32-20-25-19-23(3)35(24(25)4)27-9-7-8-22(2)18-27/h7-20H,6,21H2,1-5H3,(H,33,36)/b32-20+. The number of aryl methyl sites for hydroxylation is 2. The van der Waals surface area contributed by atoms with Crippen LogP contribution in [-0.4, -0.2) is 44.5 Å². The van der Waals surface area contributed by atoms with Crippen LogP contribution < -0.4 is 14.5 Å². The van der Waals surface area contributed by atoms with Crippen molar-refractivity contribution < 1.29 is 17.9 Å². The van der Waals surface area contributed by atoms with Gasteiger partial charge in [-0.1, -0.05) is 12.1 Å². The fraction of sp³-hybridized carbons (Fsp3) is 0.226. The summed E-state index contributed by atoms with van der Waals surface area (Å²) in [6.45, 7) is 7.94. The molecule has 41 heavy (non-hydrogen) atoms. The van der Waals surface area contributed by atoms with Crippen molar-refractivity contribution in [2.75, 3.05) is 23.7 Å². The highest BCUT2D eigenvalue weighted by molar-refractivity contribution is 7.98. The zero-order chi connectivity index (χ0) is 29.6. The number of amides is 1. The number of nitrogens with zero attached hydrogens (tertiary/aromatic N) is 3. The number of ether oxygens (including phenoxy) is 1. The van der Waals surface area contributed by atoms with Gasteiger partial charge in [0.25, 0.3) is 15.9 Å². The summed E-state index contributed by atoms with van der Waals surface area (Å²) < 4.78 is 36.1. The topological polar surface area (TPSA) is 93.0 Å². The van der Waals surface area contributed by atoms with Crippen molar-refractivity contribution in [3.05, 3.63) is 101 Å². The largest absolute Gasteiger partial charge is 0.494 e. The zero-order valence-electron chi connectivity index (χ0n) is 23.8. The number of sulfonamides is 1. The van der Waals surface area contributed by atoms with Gasteiger partial charge in [0.2, 0.25) is 0 Å². The summed E-state index contributed by atoms with van der Waals surface area (Å²) in [5.41, 5.74) is 7.88. The third-order valence-corrected chi connectivity index (χ3v) is 9.03. The maximum atomic E-state index is 13.7. The number of rotatable bonds is 11. The summed E-state index contributed by atoms with van der Waals surface area (Å²) in [6, 6.07) is 23.4. The van der Waals surface area contributed by atoms with Gasteiger partial charge >= 0.3 is 0 Å². The van der Waals surface area contributed by atoms with Gasteiger partial charge in [0, 0.05) is 27.5 Å². The van der Waals surface area contributed by atoms with Crippen molar-refractivity contribution in [2.45, 2.75) is 37.5 Å². The van der Waals surface area contributed by atoms with E-state index < -0.39 is 22.5 Å². The van der Waals surface area contributed by atoms with Gasteiger partial charge in [-0.2, -0.15) is 5.10 Å². The summed E-state index contributed by atoms with van der Waals surface area (Å²) in [5, 5.41) is 4.15. The Labute approximate surface area is 246 Å². The molecule has 1 N–H and O–H groups in total. The molecule has 0 fully saturated rings. The number of carbonyl (C=O) groups excluding carboxylic acids is 1. The molecule has 0 bridgehead atoms. The van der Waals surface area contributed by atoms with E-state index in [9.17, 15) is 13.2 Å². The Morgan fingerprint density at radius 1 is 1.02 bits per heavy atom. The number of thioether (sulfide) groups is 1. The number of hydrogen-bond donors (Lipinski definition) is 1. The minimum absolute atomic E-state index is 0.0871. The molecule has 0 aliphatic rings. The van der Waals surface area contributed by atoms with Crippen LogP contribution in [0.1, 0.15) is 29.4 Å². The third-order valence-electron chi connectivity index (χ3n) is 6.49. The molecule has 0 atom stereocenters. The summed E-state index contributed by atoms with van der Waals surface area (Å²) >= 11 is 1.52. The van der Waals surface area contributed by atoms with Crippen molar-refractivity contribution in [1.29, 1.82) is 0 Å². The van der Waals surface area contributed by atoms with Crippen LogP contribution in [0.5, 0.6) is 5.75 Å². The molecule has 214 valence electrons. The normalized spacial score (nSPS) is 11.5. The number of anilines is 1. The molecule has 1 amide bonds. The lowest BCUT2D eigenvalue weighted by Gasteiger charge is -2.24. The molecule has 3 aromatic carbocycles. The van der Waals surface area contributed by atoms with Gasteiger partial charge in [0.15, 0.2) is 0 Å². The SMILES string of the molecule is CCOc1ccc(N(CC(=O)N/N=C/c2cc(C)n(-c3cccc(C)c3)c2C)S(=O)(=O)c2ccc(SC)cc2)cc1. The molecule has 0 radical (unpaired) electrons. The summed E-state index contributed by atoms with van der Waals surface area (Å²) in [4.78, 5) is 14.0. The molecule has 8 nitrogen and oxygen atoms in total. The lowest BCUT2D eigenvalue weighted by atomic mass is 10.2. The molecule has 4 aromatic rings. The Morgan fingerprint density at radius 2 is 1.73 bits per heavy atom. The highest BCUT2D eigenvalue weighted by Crippen LogP contribution is 2.27. The molecule has 10 heteroatoms. The molecule has 0 unspecified atom stereocenters. The Morgan fingerprint density at radius 3 is 2.37 bits per heavy atom. The molecule has 4 rings (SSSR count). The Kier molecular flexibility index (Phi) is 9.57. The van der Waals surface area contributed by atoms with Crippen LogP contribution in [0.2, 0.25) is 0 Å². The van der Waals surface area contributed by atoms with Gasteiger partial charge in [-0.05, 0) is 106 Å². The highest BCUT2D eigenvalue weighted by atomic mass is 32.2. The number of hydrogen-bond acceptors (Lipinski definition) is 6. The minimum Gasteiger partial charge on any atom is -0.494 e. The van der Waals surface area contributed by atoms with Crippen molar-refractivity contribution in [3.63, 3.8) is 0 Å². The summed E-state index contributed by atoms with van der Waals surface area (Å²) in [5.74, 6) is 0.0298. The van der Waals surface area contributed by atoms with Crippen LogP contribution in [0, 0.1) is 20.8 Å². The van der Waals surface area contributed by atoms with E-state index in [0.717, 1.165) is 37.4 Å². The predicted molar refractivity (Wildman–Crippen MR) is 166 cm³/mol. The van der Waals surface area contributed by atoms with E-state index in [1.165, 1.54) is 11.8 Å². The van der Waals surface area contributed by atoms with Crippen LogP contribution in [0.15, 0.2) is 93.8 Å². The first kappa shape index (κ1) is 30.0. The second-order valence-corrected chi connectivity index (χ2v) is 12.2. The van der Waals surface area contributed by atoms with Crippen LogP contribution in [0.4, 0.5) is 5.69 Å². The van der Waals surface area contributed by atoms with E-state index in [1.54, 1.807) is 54.7 Å². The van der Waals surface area contributed by atoms with E-state index in [0.29, 0.717) is 18.0 Å². The van der Waals surface area contributed by atoms with E-state index in [4.69, 9.17) is 4.74 Å². The fourth-order valence-corrected chi connectivity index (χ4v) is 6.32. The molecule has 0 aliphatic carbocycles. The van der Waals surface area contributed by atoms with Crippen LogP contribution in [0.3, 0.4) is 0 Å². The van der Waals surface area contributed by atoms with Gasteiger partial charge in [-0.25, -0.2) is 13.8 Å².